The molecule has 0 spiro atoms. The molecule has 1 aliphatic heterocycles. The lowest BCUT2D eigenvalue weighted by Crippen LogP contribution is -2.42. The first kappa shape index (κ1) is 19.2. The minimum Gasteiger partial charge on any atom is -0.469 e. The van der Waals surface area contributed by atoms with E-state index in [1.165, 1.54) is 14.2 Å². The van der Waals surface area contributed by atoms with Gasteiger partial charge in [-0.05, 0) is 27.2 Å². The molecule has 0 aliphatic carbocycles. The van der Waals surface area contributed by atoms with Crippen LogP contribution < -0.4 is 0 Å². The second-order valence-electron chi connectivity index (χ2n) is 6.64. The van der Waals surface area contributed by atoms with Gasteiger partial charge in [-0.2, -0.15) is 0 Å². The van der Waals surface area contributed by atoms with Crippen LogP contribution in [0.1, 0.15) is 40.0 Å². The molecule has 0 aromatic heterocycles. The quantitative estimate of drug-likeness (QED) is 0.607. The molecule has 132 valence electrons. The molecule has 23 heavy (non-hydrogen) atoms. The largest absolute Gasteiger partial charge is 0.469 e. The van der Waals surface area contributed by atoms with E-state index >= 15 is 0 Å². The Morgan fingerprint density at radius 2 is 1.83 bits per heavy atom. The van der Waals surface area contributed by atoms with Gasteiger partial charge in [0.1, 0.15) is 11.8 Å². The molecule has 0 aromatic carbocycles. The highest BCUT2D eigenvalue weighted by molar-refractivity contribution is 5.80. The van der Waals surface area contributed by atoms with Crippen LogP contribution in [0.2, 0.25) is 0 Å². The summed E-state index contributed by atoms with van der Waals surface area (Å²) in [5.74, 6) is -1.05. The van der Waals surface area contributed by atoms with E-state index in [1.54, 1.807) is 20.8 Å². The number of carbonyl (C=O) groups excluding carboxylic acids is 3. The third kappa shape index (κ3) is 4.82. The third-order valence-corrected chi connectivity index (χ3v) is 3.69. The number of nitrogens with zero attached hydrogens (tertiary/aromatic N) is 1. The first-order chi connectivity index (χ1) is 10.5. The van der Waals surface area contributed by atoms with Gasteiger partial charge < -0.3 is 19.3 Å². The van der Waals surface area contributed by atoms with Crippen LogP contribution in [0.3, 0.4) is 0 Å². The first-order valence-electron chi connectivity index (χ1n) is 7.37. The van der Waals surface area contributed by atoms with Gasteiger partial charge in [0.15, 0.2) is 0 Å². The number of rotatable bonds is 4. The summed E-state index contributed by atoms with van der Waals surface area (Å²) in [7, 11) is 2.48. The average molecular weight is 331 g/mol. The topological polar surface area (TPSA) is 102 Å². The molecule has 0 bridgehead atoms. The number of ether oxygens (including phenoxy) is 3. The molecule has 1 N–H and O–H groups in total. The number of aliphatic hydroxyl groups is 1. The van der Waals surface area contributed by atoms with Gasteiger partial charge in [-0.3, -0.25) is 14.5 Å². The molecule has 8 heteroatoms. The predicted molar refractivity (Wildman–Crippen MR) is 79.3 cm³/mol. The van der Waals surface area contributed by atoms with Gasteiger partial charge in [0.05, 0.1) is 19.6 Å². The monoisotopic (exact) mass is 331 g/mol. The summed E-state index contributed by atoms with van der Waals surface area (Å²) in [6.45, 7) is 5.04. The number of amides is 1. The van der Waals surface area contributed by atoms with Crippen LogP contribution in [0.5, 0.6) is 0 Å². The van der Waals surface area contributed by atoms with Crippen molar-refractivity contribution in [3.63, 3.8) is 0 Å². The van der Waals surface area contributed by atoms with Crippen molar-refractivity contribution in [2.45, 2.75) is 51.9 Å². The molecule has 1 heterocycles. The standard InChI is InChI=1S/C15H25NO7/c1-14(2,3)23-13(20)16-9-15(8-10(16)17,12(19)22-5)7-6-11(18)21-4/h10,17H,6-9H2,1-5H3. The number of hydrogen-bond acceptors (Lipinski definition) is 7. The smallest absolute Gasteiger partial charge is 0.412 e. The fraction of sp³-hybridized carbons (Fsp3) is 0.800. The van der Waals surface area contributed by atoms with E-state index in [0.29, 0.717) is 0 Å². The van der Waals surface area contributed by atoms with Crippen LogP contribution >= 0.6 is 0 Å². The summed E-state index contributed by atoms with van der Waals surface area (Å²) in [6.07, 6.45) is -1.81. The zero-order valence-electron chi connectivity index (χ0n) is 14.2. The van der Waals surface area contributed by atoms with Crippen LogP contribution in [0.15, 0.2) is 0 Å². The Kier molecular flexibility index (Phi) is 5.98. The van der Waals surface area contributed by atoms with Gasteiger partial charge in [-0.25, -0.2) is 4.79 Å². The predicted octanol–water partition coefficient (Wildman–Crippen LogP) is 1.06. The van der Waals surface area contributed by atoms with Gasteiger partial charge in [-0.1, -0.05) is 0 Å². The molecule has 8 nitrogen and oxygen atoms in total. The minimum atomic E-state index is -1.18. The lowest BCUT2D eigenvalue weighted by Gasteiger charge is -2.28. The average Bonchev–Trinajstić information content (AvgIpc) is 2.80. The van der Waals surface area contributed by atoms with Crippen molar-refractivity contribution in [2.24, 2.45) is 5.41 Å². The van der Waals surface area contributed by atoms with E-state index in [0.717, 1.165) is 4.90 Å². The molecule has 1 amide bonds. The van der Waals surface area contributed by atoms with Crippen molar-refractivity contribution in [2.75, 3.05) is 20.8 Å². The van der Waals surface area contributed by atoms with Gasteiger partial charge in [0.25, 0.3) is 0 Å². The van der Waals surface area contributed by atoms with E-state index in [1.807, 2.05) is 0 Å². The van der Waals surface area contributed by atoms with Crippen molar-refractivity contribution in [3.8, 4) is 0 Å². The summed E-state index contributed by atoms with van der Waals surface area (Å²) in [6, 6.07) is 0. The number of methoxy groups -OCH3 is 2. The second kappa shape index (κ2) is 7.16. The van der Waals surface area contributed by atoms with Crippen LogP contribution in [-0.2, 0) is 23.8 Å². The number of aliphatic hydroxyl groups excluding tert-OH is 1. The summed E-state index contributed by atoms with van der Waals surface area (Å²) < 4.78 is 14.6. The Labute approximate surface area is 135 Å². The maximum absolute atomic E-state index is 12.2. The fourth-order valence-corrected chi connectivity index (χ4v) is 2.55. The molecule has 0 aromatic rings. The number of esters is 2. The van der Waals surface area contributed by atoms with Gasteiger partial charge in [0, 0.05) is 19.4 Å². The maximum Gasteiger partial charge on any atom is 0.412 e. The van der Waals surface area contributed by atoms with Crippen LogP contribution in [0.4, 0.5) is 4.79 Å². The van der Waals surface area contributed by atoms with Crippen molar-refractivity contribution in [1.82, 2.24) is 4.90 Å². The number of hydrogen-bond donors (Lipinski definition) is 1. The molecule has 0 saturated carbocycles. The SMILES string of the molecule is COC(=O)CCC1(C(=O)OC)CC(O)N(C(=O)OC(C)(C)C)C1. The number of carbonyl (C=O) groups is 3. The highest BCUT2D eigenvalue weighted by Gasteiger charge is 2.52. The Bertz CT molecular complexity index is 471. The second-order valence-corrected chi connectivity index (χ2v) is 6.64. The first-order valence-corrected chi connectivity index (χ1v) is 7.37. The van der Waals surface area contributed by atoms with Gasteiger partial charge in [0.2, 0.25) is 0 Å². The lowest BCUT2D eigenvalue weighted by molar-refractivity contribution is -0.153. The van der Waals surface area contributed by atoms with Crippen LogP contribution in [0, 0.1) is 5.41 Å². The normalized spacial score (nSPS) is 24.3. The van der Waals surface area contributed by atoms with Gasteiger partial charge >= 0.3 is 18.0 Å². The molecule has 2 unspecified atom stereocenters. The summed E-state index contributed by atoms with van der Waals surface area (Å²) in [5.41, 5.74) is -1.88. The zero-order valence-corrected chi connectivity index (χ0v) is 14.2. The van der Waals surface area contributed by atoms with E-state index in [4.69, 9.17) is 9.47 Å². The molecular weight excluding hydrogens is 306 g/mol. The van der Waals surface area contributed by atoms with Crippen LogP contribution in [-0.4, -0.2) is 60.6 Å². The van der Waals surface area contributed by atoms with Crippen molar-refractivity contribution in [1.29, 1.82) is 0 Å². The molecule has 1 aliphatic rings. The zero-order chi connectivity index (χ0) is 17.8. The van der Waals surface area contributed by atoms with E-state index in [9.17, 15) is 19.5 Å². The van der Waals surface area contributed by atoms with Gasteiger partial charge in [-0.15, -0.1) is 0 Å². The third-order valence-electron chi connectivity index (χ3n) is 3.69. The summed E-state index contributed by atoms with van der Waals surface area (Å²) >= 11 is 0. The Morgan fingerprint density at radius 3 is 2.30 bits per heavy atom. The Balaban J connectivity index is 2.91. The highest BCUT2D eigenvalue weighted by Crippen LogP contribution is 2.40. The molecule has 1 saturated heterocycles. The van der Waals surface area contributed by atoms with E-state index in [2.05, 4.69) is 4.74 Å². The molecule has 2 atom stereocenters. The Morgan fingerprint density at radius 1 is 1.22 bits per heavy atom. The number of likely N-dealkylation sites (tertiary alicyclic amines) is 1. The Hall–Kier alpha value is -1.83. The molecular formula is C15H25NO7. The van der Waals surface area contributed by atoms with Crippen LogP contribution in [0.25, 0.3) is 0 Å². The maximum atomic E-state index is 12.2. The summed E-state index contributed by atoms with van der Waals surface area (Å²) in [4.78, 5) is 36.8. The van der Waals surface area contributed by atoms with Crippen molar-refractivity contribution in [3.05, 3.63) is 0 Å². The van der Waals surface area contributed by atoms with Crippen molar-refractivity contribution >= 4 is 18.0 Å². The summed E-state index contributed by atoms with van der Waals surface area (Å²) in [5, 5.41) is 10.2. The fourth-order valence-electron chi connectivity index (χ4n) is 2.55. The highest BCUT2D eigenvalue weighted by atomic mass is 16.6. The van der Waals surface area contributed by atoms with Crippen molar-refractivity contribution < 1.29 is 33.7 Å². The van der Waals surface area contributed by atoms with E-state index in [-0.39, 0.29) is 25.8 Å². The lowest BCUT2D eigenvalue weighted by atomic mass is 9.82. The van der Waals surface area contributed by atoms with E-state index < -0.39 is 35.3 Å². The molecule has 0 radical (unpaired) electrons. The molecule has 1 fully saturated rings. The molecule has 1 rings (SSSR count). The minimum absolute atomic E-state index is 0.0134.